The van der Waals surface area contributed by atoms with E-state index in [0.29, 0.717) is 11.1 Å². The van der Waals surface area contributed by atoms with Crippen molar-refractivity contribution in [1.29, 1.82) is 0 Å². The Bertz CT molecular complexity index is 1080. The molecule has 6 heteroatoms. The van der Waals surface area contributed by atoms with Crippen molar-refractivity contribution in [1.82, 2.24) is 4.72 Å². The molecule has 142 valence electrons. The first-order valence-corrected chi connectivity index (χ1v) is 10.8. The molecule has 3 rings (SSSR count). The quantitative estimate of drug-likeness (QED) is 0.414. The summed E-state index contributed by atoms with van der Waals surface area (Å²) in [6.45, 7) is -0.110. The molecule has 0 atom stereocenters. The van der Waals surface area contributed by atoms with Crippen molar-refractivity contribution in [2.45, 2.75) is 4.90 Å². The molecule has 0 bridgehead atoms. The number of benzene rings is 3. The number of carbonyl (C=O) groups is 1. The van der Waals surface area contributed by atoms with E-state index in [-0.39, 0.29) is 17.2 Å². The Morgan fingerprint density at radius 2 is 1.43 bits per heavy atom. The van der Waals surface area contributed by atoms with Crippen LogP contribution in [-0.2, 0) is 10.0 Å². The first-order chi connectivity index (χ1) is 13.5. The summed E-state index contributed by atoms with van der Waals surface area (Å²) in [7, 11) is -3.74. The molecular weight excluding hydrogens is 438 g/mol. The highest BCUT2D eigenvalue weighted by Crippen LogP contribution is 2.16. The molecule has 0 saturated carbocycles. The van der Waals surface area contributed by atoms with Gasteiger partial charge in [0.1, 0.15) is 0 Å². The van der Waals surface area contributed by atoms with Crippen LogP contribution in [0.15, 0.2) is 99.9 Å². The number of sulfonamides is 1. The van der Waals surface area contributed by atoms with Gasteiger partial charge in [-0.25, -0.2) is 13.1 Å². The van der Waals surface area contributed by atoms with Gasteiger partial charge in [-0.05, 0) is 35.9 Å². The summed E-state index contributed by atoms with van der Waals surface area (Å²) in [5.74, 6) is -0.219. The Hall–Kier alpha value is -2.54. The van der Waals surface area contributed by atoms with E-state index in [2.05, 4.69) is 20.7 Å². The van der Waals surface area contributed by atoms with Gasteiger partial charge in [0.05, 0.1) is 4.90 Å². The molecule has 0 heterocycles. The van der Waals surface area contributed by atoms with Crippen LogP contribution in [0, 0.1) is 0 Å². The third kappa shape index (κ3) is 5.25. The van der Waals surface area contributed by atoms with E-state index in [9.17, 15) is 13.2 Å². The number of carbonyl (C=O) groups excluding carboxylic acids is 1. The minimum atomic E-state index is -3.74. The zero-order chi connectivity index (χ0) is 20.0. The lowest BCUT2D eigenvalue weighted by molar-refractivity contribution is 0.103. The summed E-state index contributed by atoms with van der Waals surface area (Å²) >= 11 is 3.29. The summed E-state index contributed by atoms with van der Waals surface area (Å²) in [6.07, 6.45) is 1.71. The lowest BCUT2D eigenvalue weighted by atomic mass is 10.0. The van der Waals surface area contributed by atoms with Crippen molar-refractivity contribution in [2.75, 3.05) is 6.54 Å². The van der Waals surface area contributed by atoms with Crippen LogP contribution in [0.1, 0.15) is 15.9 Å². The summed E-state index contributed by atoms with van der Waals surface area (Å²) in [5, 5.41) is 0. The highest BCUT2D eigenvalue weighted by atomic mass is 79.9. The van der Waals surface area contributed by atoms with Crippen molar-refractivity contribution in [3.05, 3.63) is 106 Å². The molecule has 4 nitrogen and oxygen atoms in total. The van der Waals surface area contributed by atoms with Crippen LogP contribution >= 0.6 is 15.9 Å². The lowest BCUT2D eigenvalue weighted by Crippen LogP contribution is -2.28. The van der Waals surface area contributed by atoms with Gasteiger partial charge >= 0.3 is 0 Å². The Morgan fingerprint density at radius 1 is 0.857 bits per heavy atom. The van der Waals surface area contributed by atoms with E-state index >= 15 is 0 Å². The van der Waals surface area contributed by atoms with Gasteiger partial charge in [0.25, 0.3) is 0 Å². The molecule has 0 aromatic heterocycles. The molecule has 3 aromatic rings. The fraction of sp³-hybridized carbons (Fsp3) is 0.0455. The predicted molar refractivity (Wildman–Crippen MR) is 115 cm³/mol. The molecular formula is C22H18BrNO3S. The van der Waals surface area contributed by atoms with Crippen LogP contribution in [-0.4, -0.2) is 20.7 Å². The number of nitrogens with one attached hydrogen (secondary N) is 1. The normalized spacial score (nSPS) is 12.0. The van der Waals surface area contributed by atoms with Crippen molar-refractivity contribution < 1.29 is 13.2 Å². The maximum atomic E-state index is 12.9. The van der Waals surface area contributed by atoms with Gasteiger partial charge < -0.3 is 0 Å². The van der Waals surface area contributed by atoms with E-state index in [1.54, 1.807) is 42.5 Å². The second-order valence-electron chi connectivity index (χ2n) is 6.05. The number of rotatable bonds is 7. The second-order valence-corrected chi connectivity index (χ2v) is 8.74. The molecule has 0 aliphatic rings. The molecule has 0 amide bonds. The monoisotopic (exact) mass is 455 g/mol. The SMILES string of the molecule is O=C(/C(=C/c1ccccc1)CNS(=O)(=O)c1ccc(Br)cc1)c1ccccc1. The van der Waals surface area contributed by atoms with E-state index in [0.717, 1.165) is 10.0 Å². The van der Waals surface area contributed by atoms with Crippen LogP contribution < -0.4 is 4.72 Å². The average molecular weight is 456 g/mol. The molecule has 0 radical (unpaired) electrons. The van der Waals surface area contributed by atoms with Crippen molar-refractivity contribution in [2.24, 2.45) is 0 Å². The van der Waals surface area contributed by atoms with Gasteiger partial charge in [-0.3, -0.25) is 4.79 Å². The summed E-state index contributed by atoms with van der Waals surface area (Å²) in [5.41, 5.74) is 1.69. The fourth-order valence-electron chi connectivity index (χ4n) is 2.59. The average Bonchev–Trinajstić information content (AvgIpc) is 2.72. The third-order valence-electron chi connectivity index (χ3n) is 4.04. The Labute approximate surface area is 173 Å². The molecule has 0 unspecified atom stereocenters. The van der Waals surface area contributed by atoms with Crippen LogP contribution in [0.3, 0.4) is 0 Å². The maximum absolute atomic E-state index is 12.9. The van der Waals surface area contributed by atoms with Gasteiger partial charge in [0.15, 0.2) is 5.78 Å². The van der Waals surface area contributed by atoms with Gasteiger partial charge in [0, 0.05) is 22.2 Å². The first-order valence-electron chi connectivity index (χ1n) is 8.56. The van der Waals surface area contributed by atoms with Crippen LogP contribution in [0.4, 0.5) is 0 Å². The molecule has 0 fully saturated rings. The number of Topliss-reactive ketones (excluding diaryl/α,β-unsaturated/α-hetero) is 1. The molecule has 0 spiro atoms. The molecule has 0 saturated heterocycles. The summed E-state index contributed by atoms with van der Waals surface area (Å²) in [6, 6.07) is 24.5. The number of halogens is 1. The van der Waals surface area contributed by atoms with Crippen LogP contribution in [0.2, 0.25) is 0 Å². The molecule has 0 aliphatic heterocycles. The Kier molecular flexibility index (Phi) is 6.57. The predicted octanol–water partition coefficient (Wildman–Crippen LogP) is 4.69. The van der Waals surface area contributed by atoms with E-state index < -0.39 is 10.0 Å². The second kappa shape index (κ2) is 9.10. The van der Waals surface area contributed by atoms with Gasteiger partial charge in [-0.15, -0.1) is 0 Å². The van der Waals surface area contributed by atoms with E-state index in [1.807, 2.05) is 36.4 Å². The molecule has 3 aromatic carbocycles. The molecule has 28 heavy (non-hydrogen) atoms. The maximum Gasteiger partial charge on any atom is 0.240 e. The van der Waals surface area contributed by atoms with Crippen molar-refractivity contribution in [3.63, 3.8) is 0 Å². The van der Waals surface area contributed by atoms with Crippen molar-refractivity contribution >= 4 is 37.8 Å². The molecule has 0 aliphatic carbocycles. The summed E-state index contributed by atoms with van der Waals surface area (Å²) in [4.78, 5) is 13.1. The summed E-state index contributed by atoms with van der Waals surface area (Å²) < 4.78 is 28.5. The largest absolute Gasteiger partial charge is 0.289 e. The first kappa shape index (κ1) is 20.2. The number of hydrogen-bond donors (Lipinski definition) is 1. The smallest absolute Gasteiger partial charge is 0.240 e. The number of ketones is 1. The lowest BCUT2D eigenvalue weighted by Gasteiger charge is -2.10. The minimum absolute atomic E-state index is 0.110. The van der Waals surface area contributed by atoms with E-state index in [4.69, 9.17) is 0 Å². The highest BCUT2D eigenvalue weighted by Gasteiger charge is 2.18. The zero-order valence-electron chi connectivity index (χ0n) is 14.9. The van der Waals surface area contributed by atoms with Crippen molar-refractivity contribution in [3.8, 4) is 0 Å². The van der Waals surface area contributed by atoms with E-state index in [1.165, 1.54) is 12.1 Å². The van der Waals surface area contributed by atoms with Crippen LogP contribution in [0.25, 0.3) is 6.08 Å². The zero-order valence-corrected chi connectivity index (χ0v) is 17.3. The Morgan fingerprint density at radius 3 is 2.04 bits per heavy atom. The number of hydrogen-bond acceptors (Lipinski definition) is 3. The Balaban J connectivity index is 1.88. The van der Waals surface area contributed by atoms with Gasteiger partial charge in [-0.2, -0.15) is 0 Å². The van der Waals surface area contributed by atoms with Crippen LogP contribution in [0.5, 0.6) is 0 Å². The van der Waals surface area contributed by atoms with Gasteiger partial charge in [0.2, 0.25) is 10.0 Å². The topological polar surface area (TPSA) is 63.2 Å². The molecule has 1 N–H and O–H groups in total. The third-order valence-corrected chi connectivity index (χ3v) is 5.99. The highest BCUT2D eigenvalue weighted by molar-refractivity contribution is 9.10. The standard InChI is InChI=1S/C22H18BrNO3S/c23-20-11-13-21(14-12-20)28(26,27)24-16-19(15-17-7-3-1-4-8-17)22(25)18-9-5-2-6-10-18/h1-15,24H,16H2/b19-15+. The fourth-order valence-corrected chi connectivity index (χ4v) is 3.86. The minimum Gasteiger partial charge on any atom is -0.289 e. The van der Waals surface area contributed by atoms with Gasteiger partial charge in [-0.1, -0.05) is 76.6 Å².